The normalized spacial score (nSPS) is 16.1. The molecule has 1 aromatic carbocycles. The number of rotatable bonds is 4. The molecule has 3 N–H and O–H groups in total. The number of pyridine rings is 2. The second-order valence-corrected chi connectivity index (χ2v) is 8.89. The number of nitrogens with zero attached hydrogens (tertiary/aromatic N) is 4. The molecule has 35 heavy (non-hydrogen) atoms. The Hall–Kier alpha value is -3.69. The summed E-state index contributed by atoms with van der Waals surface area (Å²) < 4.78 is 5.18. The van der Waals surface area contributed by atoms with Crippen LogP contribution in [-0.2, 0) is 4.74 Å². The molecule has 1 fully saturated rings. The van der Waals surface area contributed by atoms with E-state index >= 15 is 0 Å². The van der Waals surface area contributed by atoms with Crippen LogP contribution in [-0.4, -0.2) is 69.2 Å². The maximum absolute atomic E-state index is 13.3. The molecule has 5 rings (SSSR count). The van der Waals surface area contributed by atoms with Crippen molar-refractivity contribution in [3.05, 3.63) is 59.4 Å². The predicted molar refractivity (Wildman–Crippen MR) is 134 cm³/mol. The average molecular weight is 493 g/mol. The van der Waals surface area contributed by atoms with E-state index in [0.717, 1.165) is 28.4 Å². The Labute approximate surface area is 206 Å². The van der Waals surface area contributed by atoms with Gasteiger partial charge in [0, 0.05) is 47.4 Å². The summed E-state index contributed by atoms with van der Waals surface area (Å²) in [5, 5.41) is 2.26. The third kappa shape index (κ3) is 4.52. The summed E-state index contributed by atoms with van der Waals surface area (Å²) in [4.78, 5) is 40.8. The van der Waals surface area contributed by atoms with Gasteiger partial charge in [-0.1, -0.05) is 24.6 Å². The Balaban J connectivity index is 1.39. The number of nitrogens with one attached hydrogen (secondary N) is 1. The minimum absolute atomic E-state index is 0.178. The molecular formula is C25H25ClN6O3. The van der Waals surface area contributed by atoms with Crippen LogP contribution in [0, 0.1) is 0 Å². The van der Waals surface area contributed by atoms with Crippen LogP contribution < -0.4 is 5.73 Å². The highest BCUT2D eigenvalue weighted by Gasteiger charge is 2.31. The monoisotopic (exact) mass is 492 g/mol. The molecule has 9 nitrogen and oxygen atoms in total. The number of hydrogen-bond acceptors (Lipinski definition) is 6. The minimum Gasteiger partial charge on any atom is -0.449 e. The summed E-state index contributed by atoms with van der Waals surface area (Å²) in [7, 11) is 0. The summed E-state index contributed by atoms with van der Waals surface area (Å²) in [5.74, 6) is -0.178. The first kappa shape index (κ1) is 23.1. The fraction of sp³-hybridized carbons (Fsp3) is 0.280. The molecule has 10 heteroatoms. The maximum Gasteiger partial charge on any atom is 0.411 e. The molecule has 0 saturated carbocycles. The number of aromatic amines is 1. The highest BCUT2D eigenvalue weighted by atomic mass is 35.5. The first-order valence-electron chi connectivity index (χ1n) is 11.5. The number of amides is 2. The molecule has 180 valence electrons. The van der Waals surface area contributed by atoms with Crippen LogP contribution in [0.15, 0.2) is 48.8 Å². The van der Waals surface area contributed by atoms with Crippen molar-refractivity contribution in [2.45, 2.75) is 19.5 Å². The van der Waals surface area contributed by atoms with E-state index < -0.39 is 12.3 Å². The van der Waals surface area contributed by atoms with E-state index in [2.05, 4.69) is 9.97 Å². The van der Waals surface area contributed by atoms with Gasteiger partial charge >= 0.3 is 6.09 Å². The lowest BCUT2D eigenvalue weighted by Crippen LogP contribution is -2.60. The van der Waals surface area contributed by atoms with Crippen molar-refractivity contribution in [1.82, 2.24) is 24.8 Å². The topological polar surface area (TPSA) is 117 Å². The summed E-state index contributed by atoms with van der Waals surface area (Å²) in [6.45, 7) is 3.16. The van der Waals surface area contributed by atoms with E-state index in [0.29, 0.717) is 41.5 Å². The summed E-state index contributed by atoms with van der Waals surface area (Å²) >= 11 is 6.56. The van der Waals surface area contributed by atoms with Gasteiger partial charge in [0.1, 0.15) is 11.8 Å². The molecule has 3 aromatic heterocycles. The van der Waals surface area contributed by atoms with Gasteiger partial charge in [0.25, 0.3) is 5.91 Å². The Kier molecular flexibility index (Phi) is 6.27. The molecule has 1 aliphatic heterocycles. The zero-order valence-electron chi connectivity index (χ0n) is 19.2. The lowest BCUT2D eigenvalue weighted by molar-refractivity contribution is 0.0390. The Morgan fingerprint density at radius 1 is 1.23 bits per heavy atom. The number of hydrogen-bond donors (Lipinski definition) is 2. The molecule has 0 aliphatic carbocycles. The van der Waals surface area contributed by atoms with Crippen LogP contribution in [0.2, 0.25) is 5.02 Å². The number of benzene rings is 1. The van der Waals surface area contributed by atoms with Gasteiger partial charge in [-0.05, 0) is 36.8 Å². The molecule has 4 heterocycles. The standard InChI is InChI=1S/C25H25ClN6O3/c1-2-9-35-25(34)32-8-7-31(14-22(32)27)24(33)16-3-4-18-19(26)12-20(30-21(18)11-16)17-10-15-5-6-28-23(15)29-13-17/h3-6,10-13,22H,2,7-9,14,27H2,1H3,(H,28,29)/t22-/m0/s1. The number of carbonyl (C=O) groups excluding carboxylic acids is 2. The van der Waals surface area contributed by atoms with Gasteiger partial charge < -0.3 is 20.4 Å². The van der Waals surface area contributed by atoms with Crippen LogP contribution in [0.5, 0.6) is 0 Å². The fourth-order valence-corrected chi connectivity index (χ4v) is 4.49. The van der Waals surface area contributed by atoms with Crippen LogP contribution in [0.1, 0.15) is 23.7 Å². The van der Waals surface area contributed by atoms with Gasteiger partial charge in [0.2, 0.25) is 0 Å². The van der Waals surface area contributed by atoms with Crippen molar-refractivity contribution in [2.24, 2.45) is 5.73 Å². The summed E-state index contributed by atoms with van der Waals surface area (Å²) in [5.41, 5.74) is 9.56. The first-order chi connectivity index (χ1) is 16.9. The number of halogens is 1. The average Bonchev–Trinajstić information content (AvgIpc) is 3.34. The van der Waals surface area contributed by atoms with Crippen molar-refractivity contribution in [1.29, 1.82) is 0 Å². The maximum atomic E-state index is 13.3. The Morgan fingerprint density at radius 3 is 2.89 bits per heavy atom. The second kappa shape index (κ2) is 9.52. The Bertz CT molecular complexity index is 1420. The molecule has 2 amide bonds. The van der Waals surface area contributed by atoms with E-state index in [4.69, 9.17) is 27.1 Å². The molecule has 1 aliphatic rings. The third-order valence-electron chi connectivity index (χ3n) is 6.07. The molecule has 1 saturated heterocycles. The minimum atomic E-state index is -0.632. The number of nitrogens with two attached hydrogens (primary N) is 1. The van der Waals surface area contributed by atoms with Crippen LogP contribution in [0.4, 0.5) is 4.79 Å². The quantitative estimate of drug-likeness (QED) is 0.444. The van der Waals surface area contributed by atoms with Crippen LogP contribution in [0.3, 0.4) is 0 Å². The molecule has 0 bridgehead atoms. The van der Waals surface area contributed by atoms with Gasteiger partial charge in [-0.25, -0.2) is 14.8 Å². The number of ether oxygens (including phenoxy) is 1. The lowest BCUT2D eigenvalue weighted by Gasteiger charge is -2.38. The molecule has 0 spiro atoms. The van der Waals surface area contributed by atoms with E-state index in [-0.39, 0.29) is 12.5 Å². The number of aromatic nitrogens is 3. The van der Waals surface area contributed by atoms with Crippen molar-refractivity contribution >= 4 is 45.5 Å². The van der Waals surface area contributed by atoms with Gasteiger partial charge in [-0.15, -0.1) is 0 Å². The smallest absolute Gasteiger partial charge is 0.411 e. The van der Waals surface area contributed by atoms with Gasteiger partial charge in [0.15, 0.2) is 0 Å². The second-order valence-electron chi connectivity index (χ2n) is 8.49. The van der Waals surface area contributed by atoms with E-state index in [9.17, 15) is 9.59 Å². The molecule has 0 radical (unpaired) electrons. The van der Waals surface area contributed by atoms with E-state index in [1.54, 1.807) is 35.4 Å². The van der Waals surface area contributed by atoms with Crippen molar-refractivity contribution in [3.8, 4) is 11.3 Å². The molecule has 0 unspecified atom stereocenters. The summed E-state index contributed by atoms with van der Waals surface area (Å²) in [6, 6.07) is 11.0. The summed E-state index contributed by atoms with van der Waals surface area (Å²) in [6.07, 6.45) is 3.23. The van der Waals surface area contributed by atoms with Gasteiger partial charge in [0.05, 0.1) is 29.4 Å². The predicted octanol–water partition coefficient (Wildman–Crippen LogP) is 4.02. The molecule has 4 aromatic rings. The number of H-pyrrole nitrogens is 1. The Morgan fingerprint density at radius 2 is 2.09 bits per heavy atom. The van der Waals surface area contributed by atoms with Crippen molar-refractivity contribution in [2.75, 3.05) is 26.2 Å². The first-order valence-corrected chi connectivity index (χ1v) is 11.8. The van der Waals surface area contributed by atoms with Gasteiger partial charge in [-0.2, -0.15) is 0 Å². The number of fused-ring (bicyclic) bond motifs is 2. The zero-order valence-corrected chi connectivity index (χ0v) is 20.0. The highest BCUT2D eigenvalue weighted by molar-refractivity contribution is 6.35. The largest absolute Gasteiger partial charge is 0.449 e. The van der Waals surface area contributed by atoms with Crippen LogP contribution >= 0.6 is 11.6 Å². The van der Waals surface area contributed by atoms with Gasteiger partial charge in [-0.3, -0.25) is 9.69 Å². The fourth-order valence-electron chi connectivity index (χ4n) is 4.22. The zero-order chi connectivity index (χ0) is 24.5. The highest BCUT2D eigenvalue weighted by Crippen LogP contribution is 2.30. The van der Waals surface area contributed by atoms with Crippen LogP contribution in [0.25, 0.3) is 33.2 Å². The molecular weight excluding hydrogens is 468 g/mol. The lowest BCUT2D eigenvalue weighted by atomic mass is 10.1. The number of carbonyl (C=O) groups is 2. The van der Waals surface area contributed by atoms with E-state index in [1.807, 2.05) is 25.3 Å². The number of piperazine rings is 1. The van der Waals surface area contributed by atoms with Crippen molar-refractivity contribution < 1.29 is 14.3 Å². The van der Waals surface area contributed by atoms with Crippen molar-refractivity contribution in [3.63, 3.8) is 0 Å². The van der Waals surface area contributed by atoms with E-state index in [1.165, 1.54) is 4.90 Å². The SMILES string of the molecule is CCCOC(=O)N1CCN(C(=O)c2ccc3c(Cl)cc(-c4cnc5[nH]ccc5c4)nc3c2)C[C@H]1N. The molecule has 1 atom stereocenters. The third-order valence-corrected chi connectivity index (χ3v) is 6.38.